The maximum Gasteiger partial charge on any atom is 0.259 e. The second-order valence-electron chi connectivity index (χ2n) is 3.24. The summed E-state index contributed by atoms with van der Waals surface area (Å²) in [4.78, 5) is 18.9. The number of amides is 1. The Hall–Kier alpha value is -2.50. The van der Waals surface area contributed by atoms with Gasteiger partial charge in [0, 0.05) is 12.3 Å². The third-order valence-corrected chi connectivity index (χ3v) is 2.01. The lowest BCUT2D eigenvalue weighted by atomic mass is 10.2. The minimum atomic E-state index is -0.558. The van der Waals surface area contributed by atoms with Crippen LogP contribution in [0.1, 0.15) is 10.4 Å². The summed E-state index contributed by atoms with van der Waals surface area (Å²) in [6.45, 7) is 0. The highest BCUT2D eigenvalue weighted by Crippen LogP contribution is 2.16. The van der Waals surface area contributed by atoms with Crippen LogP contribution in [0.15, 0.2) is 36.9 Å². The summed E-state index contributed by atoms with van der Waals surface area (Å²) in [5, 5.41) is 11.8. The Labute approximate surface area is 96.0 Å². The number of aromatic hydroxyl groups is 1. The van der Waals surface area contributed by atoms with Crippen molar-refractivity contribution in [2.24, 2.45) is 0 Å². The summed E-state index contributed by atoms with van der Waals surface area (Å²) in [5.74, 6) is -1.35. The predicted molar refractivity (Wildman–Crippen MR) is 58.1 cm³/mol. The number of carbonyl (C=O) groups is 1. The first-order valence-corrected chi connectivity index (χ1v) is 4.71. The van der Waals surface area contributed by atoms with Crippen LogP contribution in [0.5, 0.6) is 5.75 Å². The average molecular weight is 233 g/mol. The summed E-state index contributed by atoms with van der Waals surface area (Å²) in [7, 11) is 0. The van der Waals surface area contributed by atoms with Crippen molar-refractivity contribution < 1.29 is 14.3 Å². The normalized spacial score (nSPS) is 9.94. The van der Waals surface area contributed by atoms with Crippen LogP contribution >= 0.6 is 0 Å². The fourth-order valence-corrected chi connectivity index (χ4v) is 1.26. The molecule has 2 N–H and O–H groups in total. The number of anilines is 1. The van der Waals surface area contributed by atoms with E-state index in [0.717, 1.165) is 18.5 Å². The maximum absolute atomic E-state index is 12.8. The molecule has 6 heteroatoms. The molecule has 86 valence electrons. The molecule has 0 aromatic carbocycles. The summed E-state index contributed by atoms with van der Waals surface area (Å²) in [6.07, 6.45) is 4.86. The fourth-order valence-electron chi connectivity index (χ4n) is 1.26. The Morgan fingerprint density at radius 3 is 2.82 bits per heavy atom. The molecule has 0 fully saturated rings. The van der Waals surface area contributed by atoms with Gasteiger partial charge < -0.3 is 10.4 Å². The lowest BCUT2D eigenvalue weighted by Crippen LogP contribution is -2.12. The van der Waals surface area contributed by atoms with Gasteiger partial charge in [0.2, 0.25) is 0 Å². The molecule has 2 aromatic rings. The van der Waals surface area contributed by atoms with E-state index in [1.807, 2.05) is 0 Å². The Balaban J connectivity index is 2.20. The zero-order valence-corrected chi connectivity index (χ0v) is 8.59. The molecule has 17 heavy (non-hydrogen) atoms. The highest BCUT2D eigenvalue weighted by molar-refractivity contribution is 6.05. The van der Waals surface area contributed by atoms with Crippen LogP contribution in [0.25, 0.3) is 0 Å². The molecule has 0 aliphatic rings. The second-order valence-corrected chi connectivity index (χ2v) is 3.24. The van der Waals surface area contributed by atoms with E-state index in [1.54, 1.807) is 0 Å². The van der Waals surface area contributed by atoms with Gasteiger partial charge in [-0.2, -0.15) is 0 Å². The zero-order chi connectivity index (χ0) is 12.3. The molecule has 5 nitrogen and oxygen atoms in total. The van der Waals surface area contributed by atoms with Crippen LogP contribution in [0, 0.1) is 5.82 Å². The van der Waals surface area contributed by atoms with Crippen molar-refractivity contribution in [2.75, 3.05) is 5.32 Å². The van der Waals surface area contributed by atoms with Crippen molar-refractivity contribution in [3.05, 3.63) is 48.3 Å². The van der Waals surface area contributed by atoms with Crippen molar-refractivity contribution in [1.29, 1.82) is 0 Å². The second kappa shape index (κ2) is 4.56. The minimum Gasteiger partial charge on any atom is -0.505 e. The van der Waals surface area contributed by atoms with Crippen LogP contribution in [0.2, 0.25) is 0 Å². The Bertz CT molecular complexity index is 560. The van der Waals surface area contributed by atoms with E-state index in [1.165, 1.54) is 18.5 Å². The quantitative estimate of drug-likeness (QED) is 0.825. The first-order valence-electron chi connectivity index (χ1n) is 4.71. The molecule has 2 heterocycles. The van der Waals surface area contributed by atoms with Gasteiger partial charge in [-0.1, -0.05) is 0 Å². The number of nitrogens with one attached hydrogen (secondary N) is 1. The summed E-state index contributed by atoms with van der Waals surface area (Å²) >= 11 is 0. The molecule has 2 rings (SSSR count). The summed E-state index contributed by atoms with van der Waals surface area (Å²) in [5.41, 5.74) is 0.274. The van der Waals surface area contributed by atoms with Gasteiger partial charge in [-0.15, -0.1) is 0 Å². The third kappa shape index (κ3) is 2.54. The molecule has 0 saturated heterocycles. The van der Waals surface area contributed by atoms with E-state index in [0.29, 0.717) is 0 Å². The van der Waals surface area contributed by atoms with Crippen LogP contribution in [-0.2, 0) is 0 Å². The first kappa shape index (κ1) is 11.0. The van der Waals surface area contributed by atoms with Gasteiger partial charge in [-0.05, 0) is 6.07 Å². The van der Waals surface area contributed by atoms with E-state index in [2.05, 4.69) is 15.3 Å². The monoisotopic (exact) mass is 233 g/mol. The molecule has 0 unspecified atom stereocenters. The molecule has 0 atom stereocenters. The van der Waals surface area contributed by atoms with Gasteiger partial charge >= 0.3 is 0 Å². The fraction of sp³-hybridized carbons (Fsp3) is 0. The molecule has 0 saturated carbocycles. The van der Waals surface area contributed by atoms with Crippen LogP contribution in [-0.4, -0.2) is 21.0 Å². The SMILES string of the molecule is O=C(Nc1cncc(F)c1)c1ccncc1O. The number of hydrogen-bond acceptors (Lipinski definition) is 4. The molecular weight excluding hydrogens is 225 g/mol. The number of halogens is 1. The van der Waals surface area contributed by atoms with Crippen molar-refractivity contribution in [2.45, 2.75) is 0 Å². The number of pyridine rings is 2. The van der Waals surface area contributed by atoms with E-state index < -0.39 is 11.7 Å². The van der Waals surface area contributed by atoms with Gasteiger partial charge in [0.25, 0.3) is 5.91 Å². The van der Waals surface area contributed by atoms with Crippen molar-refractivity contribution in [3.63, 3.8) is 0 Å². The topological polar surface area (TPSA) is 75.1 Å². The van der Waals surface area contributed by atoms with E-state index >= 15 is 0 Å². The van der Waals surface area contributed by atoms with Crippen LogP contribution in [0.3, 0.4) is 0 Å². The Kier molecular flexibility index (Phi) is 2.95. The largest absolute Gasteiger partial charge is 0.505 e. The Morgan fingerprint density at radius 2 is 2.12 bits per heavy atom. The summed E-state index contributed by atoms with van der Waals surface area (Å²) in [6, 6.07) is 2.49. The third-order valence-electron chi connectivity index (χ3n) is 2.01. The van der Waals surface area contributed by atoms with Crippen LogP contribution < -0.4 is 5.32 Å². The Morgan fingerprint density at radius 1 is 1.29 bits per heavy atom. The molecule has 0 radical (unpaired) electrons. The molecule has 0 spiro atoms. The van der Waals surface area contributed by atoms with E-state index in [9.17, 15) is 14.3 Å². The molecule has 2 aromatic heterocycles. The molecule has 0 aliphatic heterocycles. The van der Waals surface area contributed by atoms with Crippen molar-refractivity contribution >= 4 is 11.6 Å². The molecule has 1 amide bonds. The lowest BCUT2D eigenvalue weighted by Gasteiger charge is -2.05. The van der Waals surface area contributed by atoms with E-state index in [-0.39, 0.29) is 17.0 Å². The van der Waals surface area contributed by atoms with Crippen molar-refractivity contribution in [1.82, 2.24) is 9.97 Å². The number of nitrogens with zero attached hydrogens (tertiary/aromatic N) is 2. The predicted octanol–water partition coefficient (Wildman–Crippen LogP) is 1.57. The van der Waals surface area contributed by atoms with Crippen LogP contribution in [0.4, 0.5) is 10.1 Å². The molecular formula is C11H8FN3O2. The standard InChI is InChI=1S/C11H8FN3O2/c12-7-3-8(5-14-4-7)15-11(17)9-1-2-13-6-10(9)16/h1-6,16H,(H,15,17). The highest BCUT2D eigenvalue weighted by Gasteiger charge is 2.11. The maximum atomic E-state index is 12.8. The summed E-state index contributed by atoms with van der Waals surface area (Å²) < 4.78 is 12.8. The van der Waals surface area contributed by atoms with Gasteiger partial charge in [-0.3, -0.25) is 14.8 Å². The van der Waals surface area contributed by atoms with E-state index in [4.69, 9.17) is 0 Å². The number of hydrogen-bond donors (Lipinski definition) is 2. The average Bonchev–Trinajstić information content (AvgIpc) is 2.29. The number of carbonyl (C=O) groups excluding carboxylic acids is 1. The van der Waals surface area contributed by atoms with Crippen molar-refractivity contribution in [3.8, 4) is 5.75 Å². The molecule has 0 bridgehead atoms. The highest BCUT2D eigenvalue weighted by atomic mass is 19.1. The minimum absolute atomic E-state index is 0.0595. The smallest absolute Gasteiger partial charge is 0.259 e. The number of rotatable bonds is 2. The first-order chi connectivity index (χ1) is 8.16. The van der Waals surface area contributed by atoms with Gasteiger partial charge in [0.1, 0.15) is 11.6 Å². The van der Waals surface area contributed by atoms with Gasteiger partial charge in [0.05, 0.1) is 29.8 Å². The van der Waals surface area contributed by atoms with Gasteiger partial charge in [0.15, 0.2) is 0 Å². The van der Waals surface area contributed by atoms with Gasteiger partial charge in [-0.25, -0.2) is 4.39 Å². The lowest BCUT2D eigenvalue weighted by molar-refractivity contribution is 0.102. The zero-order valence-electron chi connectivity index (χ0n) is 8.59. The number of aromatic nitrogens is 2. The molecule has 0 aliphatic carbocycles.